The van der Waals surface area contributed by atoms with Crippen molar-refractivity contribution in [3.8, 4) is 17.2 Å². The van der Waals surface area contributed by atoms with E-state index in [2.05, 4.69) is 24.7 Å². The van der Waals surface area contributed by atoms with Gasteiger partial charge in [-0.3, -0.25) is 20.3 Å². The van der Waals surface area contributed by atoms with Gasteiger partial charge in [-0.25, -0.2) is 8.42 Å². The van der Waals surface area contributed by atoms with E-state index in [0.29, 0.717) is 0 Å². The molecular formula is C23H20F4N4O7S. The summed E-state index contributed by atoms with van der Waals surface area (Å²) < 4.78 is 92.3. The van der Waals surface area contributed by atoms with Crippen LogP contribution in [0.1, 0.15) is 12.5 Å². The minimum atomic E-state index is -4.27. The van der Waals surface area contributed by atoms with Crippen LogP contribution in [0.15, 0.2) is 70.7 Å². The molecule has 2 N–H and O–H groups in total. The molecule has 3 aromatic rings. The largest absolute Gasteiger partial charge is 0.495 e. The molecule has 3 aromatic carbocycles. The van der Waals surface area contributed by atoms with Gasteiger partial charge in [0.2, 0.25) is 0 Å². The number of nitro benzene ring substituents is 1. The molecule has 16 heteroatoms. The molecule has 0 saturated heterocycles. The Morgan fingerprint density at radius 2 is 1.64 bits per heavy atom. The third-order valence-electron chi connectivity index (χ3n) is 4.96. The van der Waals surface area contributed by atoms with Gasteiger partial charge in [0, 0.05) is 17.7 Å². The summed E-state index contributed by atoms with van der Waals surface area (Å²) in [5.74, 6) is -0.758. The number of para-hydroxylation sites is 2. The van der Waals surface area contributed by atoms with Crippen molar-refractivity contribution in [2.45, 2.75) is 25.0 Å². The highest BCUT2D eigenvalue weighted by molar-refractivity contribution is 7.92. The van der Waals surface area contributed by atoms with Gasteiger partial charge in [-0.1, -0.05) is 12.1 Å². The van der Waals surface area contributed by atoms with Crippen molar-refractivity contribution in [1.29, 1.82) is 0 Å². The highest BCUT2D eigenvalue weighted by atomic mass is 32.2. The van der Waals surface area contributed by atoms with Gasteiger partial charge in [0.25, 0.3) is 15.7 Å². The van der Waals surface area contributed by atoms with E-state index in [9.17, 15) is 36.1 Å². The number of hydrogen-bond donors (Lipinski definition) is 2. The van der Waals surface area contributed by atoms with Crippen molar-refractivity contribution in [2.75, 3.05) is 17.3 Å². The average molecular weight is 572 g/mol. The number of sulfonamides is 1. The van der Waals surface area contributed by atoms with Crippen LogP contribution in [0.25, 0.3) is 0 Å². The van der Waals surface area contributed by atoms with Crippen LogP contribution < -0.4 is 24.4 Å². The van der Waals surface area contributed by atoms with Crippen LogP contribution >= 0.6 is 0 Å². The van der Waals surface area contributed by atoms with E-state index in [1.165, 1.54) is 26.2 Å². The number of hydrogen-bond acceptors (Lipinski definition) is 9. The number of halogens is 4. The fourth-order valence-electron chi connectivity index (χ4n) is 3.23. The topological polar surface area (TPSA) is 141 Å². The van der Waals surface area contributed by atoms with Gasteiger partial charge in [0.15, 0.2) is 0 Å². The van der Waals surface area contributed by atoms with Crippen molar-refractivity contribution >= 4 is 32.8 Å². The van der Waals surface area contributed by atoms with E-state index in [4.69, 9.17) is 4.74 Å². The van der Waals surface area contributed by atoms with Crippen molar-refractivity contribution in [1.82, 2.24) is 0 Å². The highest BCUT2D eigenvalue weighted by Crippen LogP contribution is 2.32. The maximum absolute atomic E-state index is 12.9. The van der Waals surface area contributed by atoms with E-state index in [0.717, 1.165) is 36.4 Å². The standard InChI is InChI=1S/C23H20F4N4O7S/c1-13(16-9-7-14(37-22(24)25)11-21(16)38-23(26)27)28-29-17-10-8-15(12-19(17)31(32)33)39(34,35)30-18-5-3-4-6-20(18)36-2/h3-12,22-23,29-30H,1-2H3/b28-13+. The number of nitrogens with zero attached hydrogens (tertiary/aromatic N) is 2. The zero-order valence-electron chi connectivity index (χ0n) is 20.1. The van der Waals surface area contributed by atoms with Crippen LogP contribution in [0, 0.1) is 10.1 Å². The predicted molar refractivity (Wildman–Crippen MR) is 132 cm³/mol. The first-order chi connectivity index (χ1) is 18.4. The molecule has 0 atom stereocenters. The van der Waals surface area contributed by atoms with Crippen LogP contribution in [-0.2, 0) is 10.0 Å². The van der Waals surface area contributed by atoms with Gasteiger partial charge in [0.1, 0.15) is 22.9 Å². The summed E-state index contributed by atoms with van der Waals surface area (Å²) >= 11 is 0. The van der Waals surface area contributed by atoms with Crippen molar-refractivity contribution in [3.05, 3.63) is 76.3 Å². The Labute approximate surface area is 219 Å². The molecule has 0 heterocycles. The fraction of sp³-hybridized carbons (Fsp3) is 0.174. The molecule has 0 bridgehead atoms. The molecule has 39 heavy (non-hydrogen) atoms. The number of benzene rings is 3. The molecule has 0 saturated carbocycles. The monoisotopic (exact) mass is 572 g/mol. The molecule has 0 aliphatic rings. The Morgan fingerprint density at radius 3 is 2.28 bits per heavy atom. The predicted octanol–water partition coefficient (Wildman–Crippen LogP) is 5.44. The average Bonchev–Trinajstić information content (AvgIpc) is 2.86. The van der Waals surface area contributed by atoms with Gasteiger partial charge < -0.3 is 14.2 Å². The fourth-order valence-corrected chi connectivity index (χ4v) is 4.32. The molecule has 3 rings (SSSR count). The minimum Gasteiger partial charge on any atom is -0.495 e. The Hall–Kier alpha value is -4.60. The first-order valence-electron chi connectivity index (χ1n) is 10.7. The molecule has 0 aliphatic heterocycles. The molecule has 0 unspecified atom stereocenters. The lowest BCUT2D eigenvalue weighted by atomic mass is 10.1. The number of methoxy groups -OCH3 is 1. The molecule has 0 spiro atoms. The highest BCUT2D eigenvalue weighted by Gasteiger charge is 2.23. The van der Waals surface area contributed by atoms with Gasteiger partial charge in [-0.05, 0) is 43.3 Å². The van der Waals surface area contributed by atoms with Gasteiger partial charge >= 0.3 is 13.2 Å². The second-order valence-electron chi connectivity index (χ2n) is 7.47. The first kappa shape index (κ1) is 29.0. The van der Waals surface area contributed by atoms with Crippen LogP contribution in [0.2, 0.25) is 0 Å². The summed E-state index contributed by atoms with van der Waals surface area (Å²) in [5.41, 5.74) is 1.50. The maximum atomic E-state index is 12.9. The Balaban J connectivity index is 1.91. The number of nitro groups is 1. The molecule has 0 aliphatic carbocycles. The molecule has 11 nitrogen and oxygen atoms in total. The smallest absolute Gasteiger partial charge is 0.387 e. The summed E-state index contributed by atoms with van der Waals surface area (Å²) in [6, 6.07) is 12.1. The molecule has 0 fully saturated rings. The molecule has 208 valence electrons. The number of hydrazone groups is 1. The summed E-state index contributed by atoms with van der Waals surface area (Å²) in [4.78, 5) is 10.4. The lowest BCUT2D eigenvalue weighted by molar-refractivity contribution is -0.384. The van der Waals surface area contributed by atoms with E-state index in [1.54, 1.807) is 12.1 Å². The van der Waals surface area contributed by atoms with E-state index < -0.39 is 50.3 Å². The number of nitrogens with one attached hydrogen (secondary N) is 2. The zero-order chi connectivity index (χ0) is 28.7. The van der Waals surface area contributed by atoms with Crippen LogP contribution in [-0.4, -0.2) is 39.4 Å². The Morgan fingerprint density at radius 1 is 0.949 bits per heavy atom. The summed E-state index contributed by atoms with van der Waals surface area (Å²) in [5, 5.41) is 15.6. The number of anilines is 2. The van der Waals surface area contributed by atoms with Crippen molar-refractivity contribution in [2.24, 2.45) is 5.10 Å². The van der Waals surface area contributed by atoms with Crippen LogP contribution in [0.5, 0.6) is 17.2 Å². The quantitative estimate of drug-likeness (QED) is 0.126. The van der Waals surface area contributed by atoms with Crippen molar-refractivity contribution in [3.63, 3.8) is 0 Å². The lowest BCUT2D eigenvalue weighted by Gasteiger charge is -2.13. The number of ether oxygens (including phenoxy) is 3. The third kappa shape index (κ3) is 7.47. The van der Waals surface area contributed by atoms with Crippen LogP contribution in [0.3, 0.4) is 0 Å². The zero-order valence-corrected chi connectivity index (χ0v) is 20.9. The maximum Gasteiger partial charge on any atom is 0.387 e. The van der Waals surface area contributed by atoms with Gasteiger partial charge in [0.05, 0.1) is 28.3 Å². The van der Waals surface area contributed by atoms with E-state index >= 15 is 0 Å². The van der Waals surface area contributed by atoms with Gasteiger partial charge in [-0.2, -0.15) is 22.7 Å². The second kappa shape index (κ2) is 12.3. The molecule has 0 amide bonds. The SMILES string of the molecule is COc1ccccc1NS(=O)(=O)c1ccc(N/N=C(\C)c2ccc(OC(F)F)cc2OC(F)F)c([N+](=O)[O-])c1. The normalized spacial score (nSPS) is 11.8. The van der Waals surface area contributed by atoms with E-state index in [1.807, 2.05) is 0 Å². The van der Waals surface area contributed by atoms with Crippen molar-refractivity contribution < 1.29 is 45.1 Å². The van der Waals surface area contributed by atoms with E-state index in [-0.39, 0.29) is 28.4 Å². The number of alkyl halides is 4. The Kier molecular flexibility index (Phi) is 9.13. The summed E-state index contributed by atoms with van der Waals surface area (Å²) in [7, 11) is -2.93. The third-order valence-corrected chi connectivity index (χ3v) is 6.32. The first-order valence-corrected chi connectivity index (χ1v) is 12.2. The number of rotatable bonds is 12. The van der Waals surface area contributed by atoms with Gasteiger partial charge in [-0.15, -0.1) is 0 Å². The molecule has 0 aromatic heterocycles. The van der Waals surface area contributed by atoms with Crippen LogP contribution in [0.4, 0.5) is 34.6 Å². The minimum absolute atomic E-state index is 0.0296. The summed E-state index contributed by atoms with van der Waals surface area (Å²) in [6.07, 6.45) is 0. The molecule has 0 radical (unpaired) electrons. The molecular weight excluding hydrogens is 552 g/mol. The Bertz CT molecular complexity index is 1490. The lowest BCUT2D eigenvalue weighted by Crippen LogP contribution is -2.14. The summed E-state index contributed by atoms with van der Waals surface area (Å²) in [6.45, 7) is -5.17. The second-order valence-corrected chi connectivity index (χ2v) is 9.15.